The van der Waals surface area contributed by atoms with E-state index in [4.69, 9.17) is 4.74 Å². The molecule has 0 aliphatic rings. The van der Waals surface area contributed by atoms with Crippen molar-refractivity contribution in [2.45, 2.75) is 19.4 Å². The Bertz CT molecular complexity index is 511. The molecule has 4 heteroatoms. The first-order chi connectivity index (χ1) is 8.11. The monoisotopic (exact) mass is 231 g/mol. The molecule has 1 aromatic heterocycles. The molecule has 1 N–H and O–H groups in total. The first-order valence-corrected chi connectivity index (χ1v) is 5.60. The topological polar surface area (TPSA) is 47.0 Å². The second-order valence-electron chi connectivity index (χ2n) is 4.69. The molecule has 1 aromatic carbocycles. The van der Waals surface area contributed by atoms with E-state index in [1.807, 2.05) is 30.5 Å². The molecule has 0 atom stereocenters. The van der Waals surface area contributed by atoms with Gasteiger partial charge in [-0.25, -0.2) is 9.97 Å². The van der Waals surface area contributed by atoms with Crippen molar-refractivity contribution in [3.8, 4) is 0 Å². The highest BCUT2D eigenvalue weighted by Gasteiger charge is 2.18. The molecule has 0 saturated heterocycles. The standard InChI is InChI=1S/C13H17N3O/c1-13(2,9-17-3)16-12-14-8-10-6-4-5-7-11(10)15-12/h4-8H,9H2,1-3H3,(H,14,15,16). The van der Waals surface area contributed by atoms with E-state index in [2.05, 4.69) is 29.1 Å². The molecule has 0 bridgehead atoms. The molecule has 1 heterocycles. The summed E-state index contributed by atoms with van der Waals surface area (Å²) >= 11 is 0. The Labute approximate surface area is 101 Å². The second-order valence-corrected chi connectivity index (χ2v) is 4.69. The van der Waals surface area contributed by atoms with Gasteiger partial charge in [0.1, 0.15) is 0 Å². The molecule has 0 aliphatic carbocycles. The minimum atomic E-state index is -0.183. The van der Waals surface area contributed by atoms with Crippen LogP contribution in [0, 0.1) is 0 Å². The summed E-state index contributed by atoms with van der Waals surface area (Å²) in [6.45, 7) is 4.70. The van der Waals surface area contributed by atoms with Crippen LogP contribution in [0.5, 0.6) is 0 Å². The van der Waals surface area contributed by atoms with Gasteiger partial charge in [0.2, 0.25) is 5.95 Å². The third-order valence-corrected chi connectivity index (χ3v) is 2.44. The van der Waals surface area contributed by atoms with Crippen LogP contribution in [-0.4, -0.2) is 29.2 Å². The number of benzene rings is 1. The fourth-order valence-corrected chi connectivity index (χ4v) is 1.73. The number of anilines is 1. The highest BCUT2D eigenvalue weighted by Crippen LogP contribution is 2.15. The molecular weight excluding hydrogens is 214 g/mol. The summed E-state index contributed by atoms with van der Waals surface area (Å²) in [7, 11) is 1.69. The first kappa shape index (κ1) is 11.8. The number of aromatic nitrogens is 2. The molecule has 2 aromatic rings. The van der Waals surface area contributed by atoms with E-state index in [0.717, 1.165) is 10.9 Å². The minimum Gasteiger partial charge on any atom is -0.382 e. The van der Waals surface area contributed by atoms with Gasteiger partial charge >= 0.3 is 0 Å². The number of fused-ring (bicyclic) bond motifs is 1. The van der Waals surface area contributed by atoms with Crippen LogP contribution in [0.25, 0.3) is 10.9 Å². The summed E-state index contributed by atoms with van der Waals surface area (Å²) in [6.07, 6.45) is 1.83. The summed E-state index contributed by atoms with van der Waals surface area (Å²) in [5.74, 6) is 0.630. The molecule has 0 saturated carbocycles. The van der Waals surface area contributed by atoms with Crippen LogP contribution >= 0.6 is 0 Å². The van der Waals surface area contributed by atoms with Gasteiger partial charge in [-0.2, -0.15) is 0 Å². The van der Waals surface area contributed by atoms with Crippen molar-refractivity contribution in [2.24, 2.45) is 0 Å². The molecule has 0 radical (unpaired) electrons. The van der Waals surface area contributed by atoms with Crippen LogP contribution in [0.1, 0.15) is 13.8 Å². The lowest BCUT2D eigenvalue weighted by molar-refractivity contribution is 0.158. The summed E-state index contributed by atoms with van der Waals surface area (Å²) in [5.41, 5.74) is 0.759. The molecule has 90 valence electrons. The summed E-state index contributed by atoms with van der Waals surface area (Å²) < 4.78 is 5.15. The van der Waals surface area contributed by atoms with Gasteiger partial charge in [-0.1, -0.05) is 18.2 Å². The van der Waals surface area contributed by atoms with Gasteiger partial charge in [-0.05, 0) is 19.9 Å². The number of nitrogens with zero attached hydrogens (tertiary/aromatic N) is 2. The van der Waals surface area contributed by atoms with E-state index in [0.29, 0.717) is 12.6 Å². The molecule has 0 unspecified atom stereocenters. The normalized spacial score (nSPS) is 11.7. The molecule has 2 rings (SSSR count). The fraction of sp³-hybridized carbons (Fsp3) is 0.385. The van der Waals surface area contributed by atoms with Crippen molar-refractivity contribution in [2.75, 3.05) is 19.0 Å². The van der Waals surface area contributed by atoms with Crippen LogP contribution in [0.2, 0.25) is 0 Å². The Balaban J connectivity index is 2.25. The zero-order valence-electron chi connectivity index (χ0n) is 10.4. The number of ether oxygens (including phenoxy) is 1. The van der Waals surface area contributed by atoms with E-state index in [1.165, 1.54) is 0 Å². The minimum absolute atomic E-state index is 0.183. The summed E-state index contributed by atoms with van der Waals surface area (Å²) in [4.78, 5) is 8.76. The fourth-order valence-electron chi connectivity index (χ4n) is 1.73. The Morgan fingerprint density at radius 2 is 2.06 bits per heavy atom. The third kappa shape index (κ3) is 2.91. The number of hydrogen-bond acceptors (Lipinski definition) is 4. The number of rotatable bonds is 4. The third-order valence-electron chi connectivity index (χ3n) is 2.44. The maximum absolute atomic E-state index is 5.15. The maximum atomic E-state index is 5.15. The predicted octanol–water partition coefficient (Wildman–Crippen LogP) is 2.47. The SMILES string of the molecule is COCC(C)(C)Nc1ncc2ccccc2n1. The van der Waals surface area contributed by atoms with Crippen molar-refractivity contribution in [3.63, 3.8) is 0 Å². The Kier molecular flexibility index (Phi) is 3.24. The number of methoxy groups -OCH3 is 1. The molecular formula is C13H17N3O. The average molecular weight is 231 g/mol. The van der Waals surface area contributed by atoms with Crippen LogP contribution in [0.3, 0.4) is 0 Å². The van der Waals surface area contributed by atoms with E-state index in [1.54, 1.807) is 7.11 Å². The number of nitrogens with one attached hydrogen (secondary N) is 1. The maximum Gasteiger partial charge on any atom is 0.223 e. The smallest absolute Gasteiger partial charge is 0.223 e. The zero-order chi connectivity index (χ0) is 12.3. The first-order valence-electron chi connectivity index (χ1n) is 5.60. The van der Waals surface area contributed by atoms with Gasteiger partial charge in [0, 0.05) is 18.7 Å². The van der Waals surface area contributed by atoms with Gasteiger partial charge in [-0.3, -0.25) is 0 Å². The lowest BCUT2D eigenvalue weighted by Gasteiger charge is -2.25. The quantitative estimate of drug-likeness (QED) is 0.878. The Morgan fingerprint density at radius 3 is 2.82 bits per heavy atom. The summed E-state index contributed by atoms with van der Waals surface area (Å²) in [5, 5.41) is 4.31. The van der Waals surface area contributed by atoms with Crippen molar-refractivity contribution in [3.05, 3.63) is 30.5 Å². The summed E-state index contributed by atoms with van der Waals surface area (Å²) in [6, 6.07) is 7.93. The van der Waals surface area contributed by atoms with Crippen molar-refractivity contribution < 1.29 is 4.74 Å². The van der Waals surface area contributed by atoms with Gasteiger partial charge in [-0.15, -0.1) is 0 Å². The van der Waals surface area contributed by atoms with Gasteiger partial charge in [0.25, 0.3) is 0 Å². The van der Waals surface area contributed by atoms with E-state index < -0.39 is 0 Å². The van der Waals surface area contributed by atoms with Gasteiger partial charge in [0.05, 0.1) is 17.7 Å². The molecule has 0 amide bonds. The predicted molar refractivity (Wildman–Crippen MR) is 69.1 cm³/mol. The average Bonchev–Trinajstić information content (AvgIpc) is 2.28. The molecule has 0 spiro atoms. The number of para-hydroxylation sites is 1. The van der Waals surface area contributed by atoms with E-state index in [-0.39, 0.29) is 5.54 Å². The van der Waals surface area contributed by atoms with Gasteiger partial charge < -0.3 is 10.1 Å². The second kappa shape index (κ2) is 4.67. The van der Waals surface area contributed by atoms with Crippen LogP contribution < -0.4 is 5.32 Å². The lowest BCUT2D eigenvalue weighted by Crippen LogP contribution is -2.36. The highest BCUT2D eigenvalue weighted by atomic mass is 16.5. The number of hydrogen-bond donors (Lipinski definition) is 1. The Morgan fingerprint density at radius 1 is 1.29 bits per heavy atom. The van der Waals surface area contributed by atoms with E-state index in [9.17, 15) is 0 Å². The molecule has 0 aliphatic heterocycles. The highest BCUT2D eigenvalue weighted by molar-refractivity contribution is 5.78. The van der Waals surface area contributed by atoms with Crippen LogP contribution in [0.15, 0.2) is 30.5 Å². The zero-order valence-corrected chi connectivity index (χ0v) is 10.4. The lowest BCUT2D eigenvalue weighted by atomic mass is 10.1. The molecule has 17 heavy (non-hydrogen) atoms. The van der Waals surface area contributed by atoms with Crippen LogP contribution in [0.4, 0.5) is 5.95 Å². The van der Waals surface area contributed by atoms with E-state index >= 15 is 0 Å². The molecule has 0 fully saturated rings. The van der Waals surface area contributed by atoms with Crippen molar-refractivity contribution in [1.82, 2.24) is 9.97 Å². The van der Waals surface area contributed by atoms with Crippen LogP contribution in [-0.2, 0) is 4.74 Å². The largest absolute Gasteiger partial charge is 0.382 e. The van der Waals surface area contributed by atoms with Crippen molar-refractivity contribution >= 4 is 16.9 Å². The van der Waals surface area contributed by atoms with Crippen molar-refractivity contribution in [1.29, 1.82) is 0 Å². The Hall–Kier alpha value is -1.68. The van der Waals surface area contributed by atoms with Gasteiger partial charge in [0.15, 0.2) is 0 Å². The molecule has 4 nitrogen and oxygen atoms in total.